The van der Waals surface area contributed by atoms with Gasteiger partial charge in [0, 0.05) is 31.2 Å². The summed E-state index contributed by atoms with van der Waals surface area (Å²) in [6.07, 6.45) is 0.894. The predicted octanol–water partition coefficient (Wildman–Crippen LogP) is 4.05. The van der Waals surface area contributed by atoms with Crippen molar-refractivity contribution < 1.29 is 9.90 Å². The van der Waals surface area contributed by atoms with E-state index in [9.17, 15) is 9.90 Å². The molecule has 2 aromatic rings. The minimum absolute atomic E-state index is 0.0697. The van der Waals surface area contributed by atoms with Gasteiger partial charge in [-0.05, 0) is 41.5 Å². The molecule has 0 spiro atoms. The number of hydrogen-bond donors (Lipinski definition) is 1. The van der Waals surface area contributed by atoms with E-state index in [0.717, 1.165) is 18.5 Å². The Morgan fingerprint density at radius 1 is 1.12 bits per heavy atom. The summed E-state index contributed by atoms with van der Waals surface area (Å²) < 4.78 is 0. The van der Waals surface area contributed by atoms with Crippen molar-refractivity contribution in [1.29, 1.82) is 0 Å². The zero-order valence-electron chi connectivity index (χ0n) is 15.1. The second kappa shape index (κ2) is 7.83. The molecule has 0 aliphatic carbocycles. The monoisotopic (exact) mass is 337 g/mol. The highest BCUT2D eigenvalue weighted by atomic mass is 16.3. The van der Waals surface area contributed by atoms with Crippen molar-refractivity contribution >= 4 is 5.91 Å². The summed E-state index contributed by atoms with van der Waals surface area (Å²) in [6, 6.07) is 18.3. The molecule has 1 saturated heterocycles. The highest BCUT2D eigenvalue weighted by molar-refractivity contribution is 5.94. The molecular weight excluding hydrogens is 310 g/mol. The van der Waals surface area contributed by atoms with Gasteiger partial charge >= 0.3 is 0 Å². The number of rotatable bonds is 4. The molecule has 0 saturated carbocycles. The quantitative estimate of drug-likeness (QED) is 0.914. The van der Waals surface area contributed by atoms with Gasteiger partial charge in [-0.15, -0.1) is 0 Å². The lowest BCUT2D eigenvalue weighted by atomic mass is 9.80. The maximum absolute atomic E-state index is 12.8. The Morgan fingerprint density at radius 2 is 1.80 bits per heavy atom. The normalized spacial score (nSPS) is 20.7. The summed E-state index contributed by atoms with van der Waals surface area (Å²) in [7, 11) is 0. The number of amides is 1. The van der Waals surface area contributed by atoms with Crippen molar-refractivity contribution in [3.63, 3.8) is 0 Å². The van der Waals surface area contributed by atoms with Gasteiger partial charge in [-0.25, -0.2) is 0 Å². The Kier molecular flexibility index (Phi) is 5.54. The maximum Gasteiger partial charge on any atom is 0.253 e. The third-order valence-electron chi connectivity index (χ3n) is 5.31. The number of aliphatic hydroxyl groups excluding tert-OH is 1. The highest BCUT2D eigenvalue weighted by Gasteiger charge is 2.32. The number of nitrogens with zero attached hydrogens (tertiary/aromatic N) is 1. The van der Waals surface area contributed by atoms with Gasteiger partial charge in [-0.2, -0.15) is 0 Å². The first kappa shape index (κ1) is 17.7. The van der Waals surface area contributed by atoms with Crippen molar-refractivity contribution in [3.05, 3.63) is 71.3 Å². The van der Waals surface area contributed by atoms with Gasteiger partial charge in [0.2, 0.25) is 0 Å². The Labute approximate surface area is 150 Å². The lowest BCUT2D eigenvalue weighted by molar-refractivity contribution is 0.0578. The smallest absolute Gasteiger partial charge is 0.253 e. The molecule has 3 nitrogen and oxygen atoms in total. The first-order valence-corrected chi connectivity index (χ1v) is 9.15. The summed E-state index contributed by atoms with van der Waals surface area (Å²) in [4.78, 5) is 14.7. The molecule has 2 atom stereocenters. The summed E-state index contributed by atoms with van der Waals surface area (Å²) in [5, 5.41) is 9.85. The number of aliphatic hydroxyl groups is 1. The van der Waals surface area contributed by atoms with E-state index < -0.39 is 0 Å². The molecule has 132 valence electrons. The fourth-order valence-corrected chi connectivity index (χ4v) is 3.73. The second-order valence-electron chi connectivity index (χ2n) is 7.28. The van der Waals surface area contributed by atoms with Crippen molar-refractivity contribution in [3.8, 4) is 0 Å². The first-order chi connectivity index (χ1) is 12.1. The lowest BCUT2D eigenvalue weighted by Crippen LogP contribution is -2.44. The Hall–Kier alpha value is -2.13. The maximum atomic E-state index is 12.8. The molecule has 3 heteroatoms. The van der Waals surface area contributed by atoms with Crippen LogP contribution in [-0.2, 0) is 0 Å². The summed E-state index contributed by atoms with van der Waals surface area (Å²) in [5.74, 6) is 0.943. The number of likely N-dealkylation sites (tertiary alicyclic amines) is 1. The van der Waals surface area contributed by atoms with Crippen LogP contribution in [0.5, 0.6) is 0 Å². The van der Waals surface area contributed by atoms with E-state index in [1.807, 2.05) is 47.4 Å². The van der Waals surface area contributed by atoms with Crippen LogP contribution in [0.3, 0.4) is 0 Å². The van der Waals surface area contributed by atoms with Crippen molar-refractivity contribution in [2.45, 2.75) is 32.1 Å². The van der Waals surface area contributed by atoms with Gasteiger partial charge in [0.1, 0.15) is 0 Å². The molecule has 2 aromatic carbocycles. The van der Waals surface area contributed by atoms with E-state index in [-0.39, 0.29) is 18.4 Å². The summed E-state index contributed by atoms with van der Waals surface area (Å²) in [5.41, 5.74) is 3.24. The zero-order chi connectivity index (χ0) is 17.8. The molecule has 1 heterocycles. The molecule has 1 aliphatic rings. The SMILES string of the molecule is CC(C)c1ccc(C(=O)N2CC[C@H](c3ccccc3)[C@H](CO)C2)cc1. The van der Waals surface area contributed by atoms with Crippen molar-refractivity contribution in [1.82, 2.24) is 4.90 Å². The van der Waals surface area contributed by atoms with Crippen LogP contribution in [0, 0.1) is 5.92 Å². The van der Waals surface area contributed by atoms with Crippen LogP contribution >= 0.6 is 0 Å². The molecular formula is C22H27NO2. The molecule has 0 unspecified atom stereocenters. The number of carbonyl (C=O) groups excluding carboxylic acids is 1. The van der Waals surface area contributed by atoms with Gasteiger partial charge in [-0.1, -0.05) is 56.3 Å². The van der Waals surface area contributed by atoms with E-state index in [2.05, 4.69) is 26.0 Å². The third-order valence-corrected chi connectivity index (χ3v) is 5.31. The molecule has 3 rings (SSSR count). The van der Waals surface area contributed by atoms with E-state index >= 15 is 0 Å². The van der Waals surface area contributed by atoms with Gasteiger partial charge in [0.05, 0.1) is 0 Å². The first-order valence-electron chi connectivity index (χ1n) is 9.15. The minimum atomic E-state index is 0.0697. The average molecular weight is 337 g/mol. The van der Waals surface area contributed by atoms with Crippen molar-refractivity contribution in [2.75, 3.05) is 19.7 Å². The largest absolute Gasteiger partial charge is 0.396 e. The van der Waals surface area contributed by atoms with Crippen LogP contribution in [-0.4, -0.2) is 35.6 Å². The Bertz CT molecular complexity index is 694. The molecule has 1 amide bonds. The summed E-state index contributed by atoms with van der Waals surface area (Å²) in [6.45, 7) is 5.76. The average Bonchev–Trinajstić information content (AvgIpc) is 2.67. The number of benzene rings is 2. The number of piperidine rings is 1. The predicted molar refractivity (Wildman–Crippen MR) is 101 cm³/mol. The molecule has 0 radical (unpaired) electrons. The van der Waals surface area contributed by atoms with Gasteiger partial charge in [-0.3, -0.25) is 4.79 Å². The van der Waals surface area contributed by atoms with E-state index in [1.54, 1.807) is 0 Å². The van der Waals surface area contributed by atoms with E-state index in [0.29, 0.717) is 18.4 Å². The third kappa shape index (κ3) is 3.93. The number of hydrogen-bond acceptors (Lipinski definition) is 2. The van der Waals surface area contributed by atoms with Crippen LogP contribution < -0.4 is 0 Å². The van der Waals surface area contributed by atoms with Crippen molar-refractivity contribution in [2.24, 2.45) is 5.92 Å². The van der Waals surface area contributed by atoms with Gasteiger partial charge in [0.25, 0.3) is 5.91 Å². The molecule has 25 heavy (non-hydrogen) atoms. The van der Waals surface area contributed by atoms with Crippen LogP contribution in [0.4, 0.5) is 0 Å². The van der Waals surface area contributed by atoms with Crippen LogP contribution in [0.25, 0.3) is 0 Å². The standard InChI is InChI=1S/C22H27NO2/c1-16(2)17-8-10-19(11-9-17)22(25)23-13-12-21(20(14-23)15-24)18-6-4-3-5-7-18/h3-11,16,20-21,24H,12-15H2,1-2H3/t20-,21+/m0/s1. The zero-order valence-corrected chi connectivity index (χ0v) is 15.1. The van der Waals surface area contributed by atoms with Gasteiger partial charge in [0.15, 0.2) is 0 Å². The van der Waals surface area contributed by atoms with E-state index in [4.69, 9.17) is 0 Å². The Morgan fingerprint density at radius 3 is 2.40 bits per heavy atom. The second-order valence-corrected chi connectivity index (χ2v) is 7.28. The van der Waals surface area contributed by atoms with Crippen LogP contribution in [0.2, 0.25) is 0 Å². The summed E-state index contributed by atoms with van der Waals surface area (Å²) >= 11 is 0. The molecule has 1 aliphatic heterocycles. The van der Waals surface area contributed by atoms with Gasteiger partial charge < -0.3 is 10.0 Å². The fraction of sp³-hybridized carbons (Fsp3) is 0.409. The molecule has 0 bridgehead atoms. The molecule has 0 aromatic heterocycles. The fourth-order valence-electron chi connectivity index (χ4n) is 3.73. The van der Waals surface area contributed by atoms with Crippen LogP contribution in [0.1, 0.15) is 53.6 Å². The number of carbonyl (C=O) groups is 1. The van der Waals surface area contributed by atoms with Crippen LogP contribution in [0.15, 0.2) is 54.6 Å². The van der Waals surface area contributed by atoms with E-state index in [1.165, 1.54) is 11.1 Å². The Balaban J connectivity index is 1.71. The lowest BCUT2D eigenvalue weighted by Gasteiger charge is -2.38. The molecule has 1 N–H and O–H groups in total. The topological polar surface area (TPSA) is 40.5 Å². The minimum Gasteiger partial charge on any atom is -0.396 e. The highest BCUT2D eigenvalue weighted by Crippen LogP contribution is 2.33. The molecule has 1 fully saturated rings.